The van der Waals surface area contributed by atoms with E-state index in [0.717, 1.165) is 4.88 Å². The van der Waals surface area contributed by atoms with Gasteiger partial charge in [0.05, 0.1) is 23.2 Å². The van der Waals surface area contributed by atoms with E-state index in [9.17, 15) is 14.4 Å². The lowest BCUT2D eigenvalue weighted by molar-refractivity contribution is -0.119. The number of anilines is 1. The molecule has 4 rings (SSSR count). The number of carbonyl (C=O) groups is 3. The van der Waals surface area contributed by atoms with Gasteiger partial charge in [0.2, 0.25) is 5.91 Å². The third kappa shape index (κ3) is 4.03. The summed E-state index contributed by atoms with van der Waals surface area (Å²) >= 11 is 1.52. The molecule has 6 nitrogen and oxygen atoms in total. The summed E-state index contributed by atoms with van der Waals surface area (Å²) in [5.41, 5.74) is 7.32. The van der Waals surface area contributed by atoms with E-state index in [2.05, 4.69) is 19.2 Å². The quantitative estimate of drug-likeness (QED) is 0.586. The van der Waals surface area contributed by atoms with Crippen molar-refractivity contribution in [2.45, 2.75) is 25.8 Å². The number of amides is 3. The molecule has 2 atom stereocenters. The summed E-state index contributed by atoms with van der Waals surface area (Å²) < 4.78 is 0. The summed E-state index contributed by atoms with van der Waals surface area (Å²) in [7, 11) is 0. The lowest BCUT2D eigenvalue weighted by Gasteiger charge is -2.42. The molecule has 2 unspecified atom stereocenters. The van der Waals surface area contributed by atoms with Crippen molar-refractivity contribution in [1.82, 2.24) is 4.90 Å². The van der Waals surface area contributed by atoms with Gasteiger partial charge in [0.15, 0.2) is 0 Å². The van der Waals surface area contributed by atoms with E-state index >= 15 is 0 Å². The van der Waals surface area contributed by atoms with Gasteiger partial charge in [-0.05, 0) is 41.1 Å². The Morgan fingerprint density at radius 2 is 1.78 bits per heavy atom. The molecule has 0 aliphatic carbocycles. The molecule has 3 N–H and O–H groups in total. The van der Waals surface area contributed by atoms with Gasteiger partial charge in [-0.25, -0.2) is 0 Å². The van der Waals surface area contributed by atoms with Crippen molar-refractivity contribution in [3.05, 3.63) is 87.6 Å². The molecule has 2 heterocycles. The number of nitrogens with zero attached hydrogens (tertiary/aromatic N) is 1. The highest BCUT2D eigenvalue weighted by Gasteiger charge is 2.44. The van der Waals surface area contributed by atoms with Crippen molar-refractivity contribution in [1.29, 1.82) is 0 Å². The number of thiophene rings is 1. The highest BCUT2D eigenvalue weighted by atomic mass is 32.1. The second-order valence-electron chi connectivity index (χ2n) is 8.28. The van der Waals surface area contributed by atoms with Crippen LogP contribution in [-0.2, 0) is 4.79 Å². The second kappa shape index (κ2) is 8.96. The number of primary amides is 1. The predicted molar refractivity (Wildman–Crippen MR) is 126 cm³/mol. The Kier molecular flexibility index (Phi) is 6.10. The number of benzene rings is 2. The van der Waals surface area contributed by atoms with Gasteiger partial charge in [0, 0.05) is 17.0 Å². The first-order valence-corrected chi connectivity index (χ1v) is 11.4. The number of nitrogens with one attached hydrogen (secondary N) is 1. The lowest BCUT2D eigenvalue weighted by Crippen LogP contribution is -2.47. The Balaban J connectivity index is 1.83. The van der Waals surface area contributed by atoms with Gasteiger partial charge < -0.3 is 16.0 Å². The SMILES string of the molecule is CC(C)CN1C(=O)c2ccccc2C(C(=O)Nc2ccccc2C(N)=O)C1c1cccs1. The maximum absolute atomic E-state index is 13.8. The van der Waals surface area contributed by atoms with Crippen LogP contribution >= 0.6 is 11.3 Å². The van der Waals surface area contributed by atoms with E-state index in [1.165, 1.54) is 11.3 Å². The van der Waals surface area contributed by atoms with Crippen molar-refractivity contribution < 1.29 is 14.4 Å². The van der Waals surface area contributed by atoms with Crippen LogP contribution in [0.4, 0.5) is 5.69 Å². The highest BCUT2D eigenvalue weighted by Crippen LogP contribution is 2.45. The molecule has 2 aromatic carbocycles. The molecule has 164 valence electrons. The monoisotopic (exact) mass is 447 g/mol. The minimum absolute atomic E-state index is 0.0747. The van der Waals surface area contributed by atoms with E-state index in [1.807, 2.05) is 40.6 Å². The maximum atomic E-state index is 13.8. The van der Waals surface area contributed by atoms with Crippen LogP contribution in [-0.4, -0.2) is 29.2 Å². The topological polar surface area (TPSA) is 92.5 Å². The molecule has 1 aliphatic heterocycles. The molecular formula is C25H25N3O3S. The molecule has 1 aliphatic rings. The molecule has 0 spiro atoms. The van der Waals surface area contributed by atoms with Crippen LogP contribution in [0.25, 0.3) is 0 Å². The first-order valence-electron chi connectivity index (χ1n) is 10.5. The van der Waals surface area contributed by atoms with Gasteiger partial charge in [-0.1, -0.05) is 50.2 Å². The molecule has 3 aromatic rings. The Bertz CT molecular complexity index is 1160. The van der Waals surface area contributed by atoms with Crippen molar-refractivity contribution in [3.8, 4) is 0 Å². The number of nitrogens with two attached hydrogens (primary N) is 1. The minimum Gasteiger partial charge on any atom is -0.366 e. The predicted octanol–water partition coefficient (Wildman–Crippen LogP) is 4.42. The summed E-state index contributed by atoms with van der Waals surface area (Å²) in [6, 6.07) is 17.4. The van der Waals surface area contributed by atoms with Crippen LogP contribution in [0.3, 0.4) is 0 Å². The Morgan fingerprint density at radius 3 is 2.47 bits per heavy atom. The number of rotatable bonds is 6. The Hall–Kier alpha value is -3.45. The molecule has 0 saturated heterocycles. The fraction of sp³-hybridized carbons (Fsp3) is 0.240. The maximum Gasteiger partial charge on any atom is 0.254 e. The molecule has 32 heavy (non-hydrogen) atoms. The van der Waals surface area contributed by atoms with Crippen LogP contribution in [0.5, 0.6) is 0 Å². The molecule has 0 saturated carbocycles. The molecule has 0 fully saturated rings. The Labute approximate surface area is 191 Å². The molecule has 0 radical (unpaired) electrons. The van der Waals surface area contributed by atoms with Crippen molar-refractivity contribution in [2.24, 2.45) is 11.7 Å². The van der Waals surface area contributed by atoms with Crippen LogP contribution in [0.2, 0.25) is 0 Å². The van der Waals surface area contributed by atoms with Gasteiger partial charge in [0.25, 0.3) is 11.8 Å². The highest BCUT2D eigenvalue weighted by molar-refractivity contribution is 7.10. The zero-order valence-corrected chi connectivity index (χ0v) is 18.8. The van der Waals surface area contributed by atoms with Crippen LogP contribution < -0.4 is 11.1 Å². The molecule has 0 bridgehead atoms. The third-order valence-corrected chi connectivity index (χ3v) is 6.51. The van der Waals surface area contributed by atoms with E-state index in [4.69, 9.17) is 5.73 Å². The first-order chi connectivity index (χ1) is 15.4. The second-order valence-corrected chi connectivity index (χ2v) is 9.25. The lowest BCUT2D eigenvalue weighted by atomic mass is 9.81. The van der Waals surface area contributed by atoms with Crippen molar-refractivity contribution in [3.63, 3.8) is 0 Å². The average Bonchev–Trinajstić information content (AvgIpc) is 3.30. The number of carbonyl (C=O) groups excluding carboxylic acids is 3. The van der Waals surface area contributed by atoms with E-state index in [0.29, 0.717) is 23.4 Å². The standard InChI is InChI=1S/C25H25N3O3S/c1-15(2)14-28-22(20-12-7-13-32-20)21(16-8-3-4-9-17(16)25(28)31)24(30)27-19-11-6-5-10-18(19)23(26)29/h3-13,15,21-22H,14H2,1-2H3,(H2,26,29)(H,27,30). The summed E-state index contributed by atoms with van der Waals surface area (Å²) in [5, 5.41) is 4.86. The largest absolute Gasteiger partial charge is 0.366 e. The van der Waals surface area contributed by atoms with Gasteiger partial charge in [-0.2, -0.15) is 0 Å². The Morgan fingerprint density at radius 1 is 1.06 bits per heavy atom. The van der Waals surface area contributed by atoms with E-state index in [1.54, 1.807) is 30.3 Å². The van der Waals surface area contributed by atoms with Gasteiger partial charge in [0.1, 0.15) is 0 Å². The fourth-order valence-electron chi connectivity index (χ4n) is 4.26. The number of hydrogen-bond donors (Lipinski definition) is 2. The molecule has 3 amide bonds. The normalized spacial score (nSPS) is 17.8. The summed E-state index contributed by atoms with van der Waals surface area (Å²) in [6.07, 6.45) is 0. The smallest absolute Gasteiger partial charge is 0.254 e. The van der Waals surface area contributed by atoms with Crippen LogP contribution in [0.15, 0.2) is 66.0 Å². The van der Waals surface area contributed by atoms with Gasteiger partial charge >= 0.3 is 0 Å². The molecule has 7 heteroatoms. The van der Waals surface area contributed by atoms with Crippen LogP contribution in [0.1, 0.15) is 57.0 Å². The molecule has 1 aromatic heterocycles. The van der Waals surface area contributed by atoms with Gasteiger partial charge in [-0.3, -0.25) is 14.4 Å². The molecular weight excluding hydrogens is 422 g/mol. The minimum atomic E-state index is -0.637. The summed E-state index contributed by atoms with van der Waals surface area (Å²) in [6.45, 7) is 4.63. The van der Waals surface area contributed by atoms with E-state index < -0.39 is 17.9 Å². The zero-order chi connectivity index (χ0) is 22.8. The number of para-hydroxylation sites is 1. The van der Waals surface area contributed by atoms with E-state index in [-0.39, 0.29) is 23.3 Å². The number of hydrogen-bond acceptors (Lipinski definition) is 4. The fourth-order valence-corrected chi connectivity index (χ4v) is 5.14. The first kappa shape index (κ1) is 21.8. The number of fused-ring (bicyclic) bond motifs is 1. The van der Waals surface area contributed by atoms with Crippen molar-refractivity contribution >= 4 is 34.7 Å². The third-order valence-electron chi connectivity index (χ3n) is 5.57. The van der Waals surface area contributed by atoms with Crippen molar-refractivity contribution in [2.75, 3.05) is 11.9 Å². The van der Waals surface area contributed by atoms with Crippen LogP contribution in [0, 0.1) is 5.92 Å². The summed E-state index contributed by atoms with van der Waals surface area (Å²) in [5.74, 6) is -1.38. The summed E-state index contributed by atoms with van der Waals surface area (Å²) in [4.78, 5) is 41.8. The average molecular weight is 448 g/mol. The van der Waals surface area contributed by atoms with Gasteiger partial charge in [-0.15, -0.1) is 11.3 Å². The zero-order valence-electron chi connectivity index (χ0n) is 17.9.